The summed E-state index contributed by atoms with van der Waals surface area (Å²) in [6.45, 7) is 1.77. The predicted molar refractivity (Wildman–Crippen MR) is 146 cm³/mol. The van der Waals surface area contributed by atoms with Gasteiger partial charge < -0.3 is 23.8 Å². The Morgan fingerprint density at radius 2 is 1.50 bits per heavy atom. The number of hydrogen-bond donors (Lipinski definition) is 0. The van der Waals surface area contributed by atoms with E-state index in [1.54, 1.807) is 35.3 Å². The van der Waals surface area contributed by atoms with Crippen LogP contribution in [0.15, 0.2) is 104 Å². The van der Waals surface area contributed by atoms with Crippen LogP contribution in [-0.4, -0.2) is 53.3 Å². The molecule has 0 saturated heterocycles. The average molecular weight is 513 g/mol. The molecule has 0 spiro atoms. The first-order valence-corrected chi connectivity index (χ1v) is 12.4. The van der Waals surface area contributed by atoms with Crippen molar-refractivity contribution in [3.8, 4) is 5.75 Å². The molecule has 0 fully saturated rings. The van der Waals surface area contributed by atoms with Crippen molar-refractivity contribution in [3.63, 3.8) is 0 Å². The molecule has 1 aromatic heterocycles. The first kappa shape index (κ1) is 26.5. The van der Waals surface area contributed by atoms with Crippen LogP contribution in [0.5, 0.6) is 5.75 Å². The highest BCUT2D eigenvalue weighted by atomic mass is 16.5. The Labute approximate surface area is 223 Å². The van der Waals surface area contributed by atoms with Crippen LogP contribution in [0.3, 0.4) is 0 Å². The summed E-state index contributed by atoms with van der Waals surface area (Å²) in [7, 11) is 2.95. The fraction of sp³-hybridized carbons (Fsp3) is 0.233. The first-order chi connectivity index (χ1) is 18.5. The standard InChI is InChI=1S/C30H32N4O4/c1-23(33(21-29(36)38-3)28(35)20-32-19-18-31-22-32)34(26-14-16-27(37-2)17-15-26)30(24-10-6-4-7-11-24)25-12-8-5-9-13-25/h4-19,22-23,30H,20-21H2,1-3H3. The molecule has 0 saturated carbocycles. The number of imidazole rings is 1. The number of esters is 1. The topological polar surface area (TPSA) is 76.9 Å². The molecule has 8 heteroatoms. The van der Waals surface area contributed by atoms with E-state index in [2.05, 4.69) is 34.1 Å². The minimum absolute atomic E-state index is 0.0408. The highest BCUT2D eigenvalue weighted by Crippen LogP contribution is 2.36. The Hall–Kier alpha value is -4.59. The Bertz CT molecular complexity index is 1260. The zero-order valence-electron chi connectivity index (χ0n) is 21.8. The number of ether oxygens (including phenoxy) is 2. The van der Waals surface area contributed by atoms with Crippen molar-refractivity contribution in [2.24, 2.45) is 0 Å². The number of aromatic nitrogens is 2. The monoisotopic (exact) mass is 512 g/mol. The minimum atomic E-state index is -0.538. The van der Waals surface area contributed by atoms with Crippen molar-refractivity contribution >= 4 is 17.6 Å². The van der Waals surface area contributed by atoms with Crippen molar-refractivity contribution < 1.29 is 19.1 Å². The Morgan fingerprint density at radius 1 is 0.895 bits per heavy atom. The molecule has 8 nitrogen and oxygen atoms in total. The third kappa shape index (κ3) is 6.21. The Balaban J connectivity index is 1.84. The van der Waals surface area contributed by atoms with Gasteiger partial charge in [0.25, 0.3) is 0 Å². The fourth-order valence-corrected chi connectivity index (χ4v) is 4.53. The van der Waals surface area contributed by atoms with Crippen LogP contribution in [-0.2, 0) is 20.9 Å². The summed E-state index contributed by atoms with van der Waals surface area (Å²) in [6, 6.07) is 27.7. The van der Waals surface area contributed by atoms with Gasteiger partial charge in [0, 0.05) is 18.1 Å². The van der Waals surface area contributed by atoms with Gasteiger partial charge in [-0.2, -0.15) is 0 Å². The van der Waals surface area contributed by atoms with Crippen LogP contribution in [0.25, 0.3) is 0 Å². The van der Waals surface area contributed by atoms with Crippen molar-refractivity contribution in [2.45, 2.75) is 25.7 Å². The quantitative estimate of drug-likeness (QED) is 0.217. The number of benzene rings is 3. The molecule has 0 radical (unpaired) electrons. The second kappa shape index (κ2) is 12.6. The molecule has 38 heavy (non-hydrogen) atoms. The third-order valence-electron chi connectivity index (χ3n) is 6.46. The number of amides is 1. The van der Waals surface area contributed by atoms with Crippen molar-refractivity contribution in [3.05, 3.63) is 115 Å². The van der Waals surface area contributed by atoms with Gasteiger partial charge in [0.2, 0.25) is 5.91 Å². The molecule has 1 amide bonds. The predicted octanol–water partition coefficient (Wildman–Crippen LogP) is 4.54. The lowest BCUT2D eigenvalue weighted by atomic mass is 9.95. The maximum Gasteiger partial charge on any atom is 0.325 e. The van der Waals surface area contributed by atoms with Gasteiger partial charge in [0.15, 0.2) is 0 Å². The van der Waals surface area contributed by atoms with E-state index in [-0.39, 0.29) is 25.0 Å². The number of carbonyl (C=O) groups is 2. The third-order valence-corrected chi connectivity index (χ3v) is 6.46. The number of carbonyl (C=O) groups excluding carboxylic acids is 2. The van der Waals surface area contributed by atoms with Gasteiger partial charge in [0.05, 0.1) is 26.6 Å². The summed E-state index contributed by atoms with van der Waals surface area (Å²) >= 11 is 0. The highest BCUT2D eigenvalue weighted by molar-refractivity contribution is 5.82. The van der Waals surface area contributed by atoms with Crippen molar-refractivity contribution in [1.29, 1.82) is 0 Å². The molecule has 0 aliphatic carbocycles. The molecule has 1 atom stereocenters. The molecule has 3 aromatic carbocycles. The van der Waals surface area contributed by atoms with E-state index in [1.807, 2.05) is 67.6 Å². The summed E-state index contributed by atoms with van der Waals surface area (Å²) in [5.41, 5.74) is 2.95. The van der Waals surface area contributed by atoms with E-state index in [9.17, 15) is 9.59 Å². The van der Waals surface area contributed by atoms with Gasteiger partial charge in [-0.3, -0.25) is 9.59 Å². The summed E-state index contributed by atoms with van der Waals surface area (Å²) in [5.74, 6) is -0.0132. The van der Waals surface area contributed by atoms with E-state index >= 15 is 0 Å². The first-order valence-electron chi connectivity index (χ1n) is 12.4. The van der Waals surface area contributed by atoms with E-state index in [0.717, 1.165) is 22.6 Å². The summed E-state index contributed by atoms with van der Waals surface area (Å²) in [5, 5.41) is 0. The Kier molecular flexibility index (Phi) is 8.77. The zero-order chi connectivity index (χ0) is 26.9. The molecule has 1 heterocycles. The molecular weight excluding hydrogens is 480 g/mol. The summed E-state index contributed by atoms with van der Waals surface area (Å²) < 4.78 is 12.1. The number of anilines is 1. The number of methoxy groups -OCH3 is 2. The van der Waals surface area contributed by atoms with Gasteiger partial charge in [-0.15, -0.1) is 0 Å². The maximum absolute atomic E-state index is 13.7. The largest absolute Gasteiger partial charge is 0.497 e. The molecule has 0 aliphatic heterocycles. The Morgan fingerprint density at radius 3 is 2.00 bits per heavy atom. The van der Waals surface area contributed by atoms with Gasteiger partial charge in [-0.25, -0.2) is 4.98 Å². The molecule has 0 bridgehead atoms. The zero-order valence-corrected chi connectivity index (χ0v) is 21.8. The maximum atomic E-state index is 13.7. The molecule has 0 aliphatic rings. The van der Waals surface area contributed by atoms with Gasteiger partial charge in [0.1, 0.15) is 25.0 Å². The van der Waals surface area contributed by atoms with Crippen LogP contribution in [0.2, 0.25) is 0 Å². The smallest absolute Gasteiger partial charge is 0.325 e. The molecule has 4 rings (SSSR count). The van der Waals surface area contributed by atoms with Crippen LogP contribution in [0.1, 0.15) is 24.1 Å². The number of rotatable bonds is 11. The van der Waals surface area contributed by atoms with E-state index < -0.39 is 12.1 Å². The van der Waals surface area contributed by atoms with E-state index in [0.29, 0.717) is 0 Å². The van der Waals surface area contributed by atoms with Gasteiger partial charge in [-0.1, -0.05) is 60.7 Å². The van der Waals surface area contributed by atoms with Crippen molar-refractivity contribution in [2.75, 3.05) is 25.7 Å². The molecular formula is C30H32N4O4. The van der Waals surface area contributed by atoms with Crippen LogP contribution >= 0.6 is 0 Å². The molecule has 1 unspecified atom stereocenters. The SMILES string of the molecule is COC(=O)CN(C(=O)Cn1ccnc1)C(C)N(c1ccc(OC)cc1)C(c1ccccc1)c1ccccc1. The average Bonchev–Trinajstić information content (AvgIpc) is 3.48. The molecule has 4 aromatic rings. The lowest BCUT2D eigenvalue weighted by molar-refractivity contribution is -0.148. The number of nitrogens with zero attached hydrogens (tertiary/aromatic N) is 4. The van der Waals surface area contributed by atoms with E-state index in [1.165, 1.54) is 7.11 Å². The van der Waals surface area contributed by atoms with Crippen LogP contribution in [0, 0.1) is 0 Å². The van der Waals surface area contributed by atoms with Gasteiger partial charge in [-0.05, 0) is 42.3 Å². The lowest BCUT2D eigenvalue weighted by Gasteiger charge is -2.43. The normalized spacial score (nSPS) is 11.6. The molecule has 196 valence electrons. The molecule has 0 N–H and O–H groups in total. The second-order valence-electron chi connectivity index (χ2n) is 8.79. The highest BCUT2D eigenvalue weighted by Gasteiger charge is 2.34. The van der Waals surface area contributed by atoms with Crippen LogP contribution in [0.4, 0.5) is 5.69 Å². The summed E-state index contributed by atoms with van der Waals surface area (Å²) in [6.07, 6.45) is 4.38. The fourth-order valence-electron chi connectivity index (χ4n) is 4.53. The van der Waals surface area contributed by atoms with Crippen LogP contribution < -0.4 is 9.64 Å². The van der Waals surface area contributed by atoms with Crippen molar-refractivity contribution in [1.82, 2.24) is 14.5 Å². The minimum Gasteiger partial charge on any atom is -0.497 e. The van der Waals surface area contributed by atoms with E-state index in [4.69, 9.17) is 9.47 Å². The van der Waals surface area contributed by atoms with Gasteiger partial charge >= 0.3 is 5.97 Å². The second-order valence-corrected chi connectivity index (χ2v) is 8.79. The summed E-state index contributed by atoms with van der Waals surface area (Å²) in [4.78, 5) is 33.9. The lowest BCUT2D eigenvalue weighted by Crippen LogP contribution is -2.53. The number of hydrogen-bond acceptors (Lipinski definition) is 6.